The number of rotatable bonds is 13. The van der Waals surface area contributed by atoms with Gasteiger partial charge in [0.25, 0.3) is 5.78 Å². The molecule has 0 spiro atoms. The lowest BCUT2D eigenvalue weighted by Crippen LogP contribution is -2.29. The van der Waals surface area contributed by atoms with Gasteiger partial charge in [0.1, 0.15) is 11.6 Å². The van der Waals surface area contributed by atoms with Crippen LogP contribution in [-0.4, -0.2) is 40.2 Å². The van der Waals surface area contributed by atoms with E-state index < -0.39 is 29.3 Å². The number of aliphatic hydroxyl groups is 1. The molecule has 234 valence electrons. The number of unbranched alkanes of at least 4 members (excludes halogenated alkanes) is 2. The second-order valence-electron chi connectivity index (χ2n) is 10.1. The summed E-state index contributed by atoms with van der Waals surface area (Å²) in [5, 5.41) is 20.7. The minimum atomic E-state index is -1.07. The minimum Gasteiger partial charge on any atom is -0.507 e. The summed E-state index contributed by atoms with van der Waals surface area (Å²) in [5.74, 6) is -1.22. The van der Waals surface area contributed by atoms with E-state index in [-0.39, 0.29) is 16.3 Å². The number of nitrogens with zero attached hydrogens (tertiary/aromatic N) is 3. The summed E-state index contributed by atoms with van der Waals surface area (Å²) < 4.78 is 26.2. The second kappa shape index (κ2) is 14.9. The molecule has 0 saturated carbocycles. The number of halogens is 2. The lowest BCUT2D eigenvalue weighted by Gasteiger charge is -2.23. The van der Waals surface area contributed by atoms with Crippen molar-refractivity contribution in [3.63, 3.8) is 0 Å². The molecule has 5 rings (SSSR count). The van der Waals surface area contributed by atoms with Crippen molar-refractivity contribution in [2.45, 2.75) is 49.2 Å². The summed E-state index contributed by atoms with van der Waals surface area (Å²) in [7, 11) is 0. The first kappa shape index (κ1) is 32.5. The van der Waals surface area contributed by atoms with Crippen LogP contribution in [0.25, 0.3) is 5.76 Å². The number of aliphatic hydroxyl groups excluding tert-OH is 1. The number of carbonyl (C=O) groups excluding carboxylic acids is 2. The monoisotopic (exact) mass is 667 g/mol. The number of hydrogen-bond donors (Lipinski definition) is 1. The van der Waals surface area contributed by atoms with Gasteiger partial charge >= 0.3 is 5.91 Å². The normalized spacial score (nSPS) is 15.9. The van der Waals surface area contributed by atoms with E-state index in [9.17, 15) is 19.1 Å². The molecule has 0 bridgehead atoms. The van der Waals surface area contributed by atoms with Crippen LogP contribution in [0.2, 0.25) is 5.02 Å². The maximum atomic E-state index is 13.7. The van der Waals surface area contributed by atoms with Gasteiger partial charge in [0, 0.05) is 16.3 Å². The molecule has 1 atom stereocenters. The van der Waals surface area contributed by atoms with Gasteiger partial charge in [-0.15, -0.1) is 10.2 Å². The van der Waals surface area contributed by atoms with Gasteiger partial charge in [0.05, 0.1) is 24.8 Å². The van der Waals surface area contributed by atoms with Gasteiger partial charge < -0.3 is 14.6 Å². The van der Waals surface area contributed by atoms with E-state index in [0.717, 1.165) is 36.2 Å². The van der Waals surface area contributed by atoms with Gasteiger partial charge in [-0.2, -0.15) is 0 Å². The molecule has 1 aliphatic rings. The molecule has 2 heterocycles. The van der Waals surface area contributed by atoms with Crippen LogP contribution in [0.5, 0.6) is 11.5 Å². The molecule has 1 amide bonds. The lowest BCUT2D eigenvalue weighted by molar-refractivity contribution is -0.132. The van der Waals surface area contributed by atoms with Crippen molar-refractivity contribution >= 4 is 57.3 Å². The molecule has 1 aromatic heterocycles. The van der Waals surface area contributed by atoms with Crippen molar-refractivity contribution in [3.05, 3.63) is 99.8 Å². The Kier molecular flexibility index (Phi) is 10.7. The third-order valence-corrected chi connectivity index (χ3v) is 9.54. The van der Waals surface area contributed by atoms with E-state index in [2.05, 4.69) is 17.1 Å². The topological polar surface area (TPSA) is 102 Å². The molecule has 1 N–H and O–H groups in total. The molecule has 45 heavy (non-hydrogen) atoms. The summed E-state index contributed by atoms with van der Waals surface area (Å²) in [6, 6.07) is 16.6. The zero-order chi connectivity index (χ0) is 31.9. The molecule has 1 saturated heterocycles. The zero-order valence-electron chi connectivity index (χ0n) is 24.7. The largest absolute Gasteiger partial charge is 0.507 e. The Morgan fingerprint density at radius 2 is 1.80 bits per heavy atom. The van der Waals surface area contributed by atoms with E-state index in [4.69, 9.17) is 21.1 Å². The molecule has 8 nitrogen and oxygen atoms in total. The molecular weight excluding hydrogens is 637 g/mol. The number of ketones is 1. The first-order valence-electron chi connectivity index (χ1n) is 14.5. The Morgan fingerprint density at radius 1 is 1.02 bits per heavy atom. The number of anilines is 1. The second-order valence-corrected chi connectivity index (χ2v) is 12.7. The first-order valence-corrected chi connectivity index (χ1v) is 16.7. The lowest BCUT2D eigenvalue weighted by atomic mass is 9.95. The van der Waals surface area contributed by atoms with Crippen LogP contribution >= 0.6 is 34.7 Å². The highest BCUT2D eigenvalue weighted by atomic mass is 35.5. The Bertz CT molecular complexity index is 1710. The Labute approximate surface area is 273 Å². The molecule has 0 radical (unpaired) electrons. The van der Waals surface area contributed by atoms with Crippen molar-refractivity contribution in [1.82, 2.24) is 10.2 Å². The van der Waals surface area contributed by atoms with Crippen LogP contribution in [0.15, 0.2) is 76.6 Å². The van der Waals surface area contributed by atoms with Gasteiger partial charge in [-0.3, -0.25) is 14.5 Å². The van der Waals surface area contributed by atoms with Crippen LogP contribution in [0.4, 0.5) is 9.52 Å². The Balaban J connectivity index is 1.55. The molecule has 4 aromatic rings. The highest BCUT2D eigenvalue weighted by molar-refractivity contribution is 8.00. The van der Waals surface area contributed by atoms with Crippen LogP contribution in [0, 0.1) is 5.82 Å². The van der Waals surface area contributed by atoms with E-state index in [0.29, 0.717) is 45.4 Å². The van der Waals surface area contributed by atoms with Crippen LogP contribution < -0.4 is 14.4 Å². The van der Waals surface area contributed by atoms with E-state index in [1.54, 1.807) is 18.2 Å². The van der Waals surface area contributed by atoms with Crippen molar-refractivity contribution in [1.29, 1.82) is 0 Å². The summed E-state index contributed by atoms with van der Waals surface area (Å²) in [4.78, 5) is 28.5. The van der Waals surface area contributed by atoms with E-state index >= 15 is 0 Å². The Hall–Kier alpha value is -3.93. The number of aromatic nitrogens is 2. The molecule has 12 heteroatoms. The van der Waals surface area contributed by atoms with Gasteiger partial charge in [-0.05, 0) is 66.9 Å². The van der Waals surface area contributed by atoms with Gasteiger partial charge in [0.2, 0.25) is 5.13 Å². The molecule has 1 unspecified atom stereocenters. The number of ether oxygens (including phenoxy) is 2. The quantitative estimate of drug-likeness (QED) is 0.0380. The van der Waals surface area contributed by atoms with Crippen molar-refractivity contribution in [2.75, 3.05) is 18.1 Å². The number of amides is 1. The standard InChI is InChI=1S/C33H31ClFN3O5S2/c1-3-5-8-17-43-25-16-13-21(18-26(25)42-4-2)28-27(29(39)20-11-14-23(35)15-12-20)30(40)31(41)38(28)32-36-37-33(45-32)44-19-22-9-6-7-10-24(22)34/h6-7,9-16,18,28,39H,3-5,8,17,19H2,1-2H3. The van der Waals surface area contributed by atoms with Crippen molar-refractivity contribution in [2.24, 2.45) is 0 Å². The minimum absolute atomic E-state index is 0.161. The fourth-order valence-corrected chi connectivity index (χ4v) is 6.99. The van der Waals surface area contributed by atoms with Crippen LogP contribution in [0.1, 0.15) is 55.8 Å². The maximum Gasteiger partial charge on any atom is 0.301 e. The number of benzene rings is 3. The fourth-order valence-electron chi connectivity index (χ4n) is 4.84. The van der Waals surface area contributed by atoms with Crippen LogP contribution in [-0.2, 0) is 15.3 Å². The molecular formula is C33H31ClFN3O5S2. The van der Waals surface area contributed by atoms with Gasteiger partial charge in [-0.1, -0.05) is 78.7 Å². The molecule has 1 aliphatic heterocycles. The smallest absolute Gasteiger partial charge is 0.301 e. The zero-order valence-corrected chi connectivity index (χ0v) is 27.1. The number of hydrogen-bond acceptors (Lipinski definition) is 9. The summed E-state index contributed by atoms with van der Waals surface area (Å²) in [5.41, 5.74) is 1.43. The Morgan fingerprint density at radius 3 is 2.53 bits per heavy atom. The van der Waals surface area contributed by atoms with E-state index in [1.165, 1.54) is 40.9 Å². The van der Waals surface area contributed by atoms with Crippen molar-refractivity contribution < 1.29 is 28.6 Å². The van der Waals surface area contributed by atoms with E-state index in [1.807, 2.05) is 31.2 Å². The van der Waals surface area contributed by atoms with Crippen LogP contribution in [0.3, 0.4) is 0 Å². The average molecular weight is 668 g/mol. The maximum absolute atomic E-state index is 13.7. The highest BCUT2D eigenvalue weighted by Crippen LogP contribution is 2.46. The summed E-state index contributed by atoms with van der Waals surface area (Å²) >= 11 is 8.85. The van der Waals surface area contributed by atoms with Gasteiger partial charge in [-0.25, -0.2) is 4.39 Å². The van der Waals surface area contributed by atoms with Gasteiger partial charge in [0.15, 0.2) is 15.8 Å². The molecule has 3 aromatic carbocycles. The average Bonchev–Trinajstić information content (AvgIpc) is 3.61. The number of Topliss-reactive ketones (excluding diaryl/α,β-unsaturated/α-hetero) is 1. The molecule has 1 fully saturated rings. The first-order chi connectivity index (χ1) is 21.8. The third-order valence-electron chi connectivity index (χ3n) is 7.06. The number of thioether (sulfide) groups is 1. The predicted molar refractivity (Wildman–Crippen MR) is 175 cm³/mol. The van der Waals surface area contributed by atoms with Crippen molar-refractivity contribution in [3.8, 4) is 11.5 Å². The summed E-state index contributed by atoms with van der Waals surface area (Å²) in [6.07, 6.45) is 2.97. The predicted octanol–water partition coefficient (Wildman–Crippen LogP) is 8.22. The third kappa shape index (κ3) is 7.32. The number of carbonyl (C=O) groups is 2. The fraction of sp³-hybridized carbons (Fsp3) is 0.273. The summed E-state index contributed by atoms with van der Waals surface area (Å²) in [6.45, 7) is 4.82. The SMILES string of the molecule is CCCCCOc1ccc(C2C(=C(O)c3ccc(F)cc3)C(=O)C(=O)N2c2nnc(SCc3ccccc3Cl)s2)cc1OCC. The highest BCUT2D eigenvalue weighted by Gasteiger charge is 2.48. The molecule has 0 aliphatic carbocycles.